The molecule has 0 saturated heterocycles. The van der Waals surface area contributed by atoms with Gasteiger partial charge in [0, 0.05) is 6.08 Å². The van der Waals surface area contributed by atoms with Crippen LogP contribution >= 0.6 is 23.2 Å². The summed E-state index contributed by atoms with van der Waals surface area (Å²) in [6.07, 6.45) is -4.71. The quantitative estimate of drug-likeness (QED) is 0.367. The zero-order valence-electron chi connectivity index (χ0n) is 6.39. The van der Waals surface area contributed by atoms with Crippen LogP contribution in [0.1, 0.15) is 0 Å². The molecule has 0 nitrogen and oxygen atoms in total. The first kappa shape index (κ1) is 16.1. The van der Waals surface area contributed by atoms with E-state index < -0.39 is 22.9 Å². The van der Waals surface area contributed by atoms with Crippen molar-refractivity contribution in [2.75, 3.05) is 0 Å². The Morgan fingerprint density at radius 1 is 1.14 bits per heavy atom. The van der Waals surface area contributed by atoms with Gasteiger partial charge in [-0.15, -0.1) is 0 Å². The standard InChI is InChI=1S/C3HCl2F3.C3H3F3/c4-2(1-6)3(5,7)8;1-2-3(4,5)6/h1H;2H,1H2. The van der Waals surface area contributed by atoms with Crippen molar-refractivity contribution in [3.8, 4) is 0 Å². The lowest BCUT2D eigenvalue weighted by Crippen LogP contribution is -2.03. The van der Waals surface area contributed by atoms with E-state index in [-0.39, 0.29) is 6.08 Å². The summed E-state index contributed by atoms with van der Waals surface area (Å²) in [5.41, 5.74) is 0. The van der Waals surface area contributed by atoms with Crippen molar-refractivity contribution in [3.63, 3.8) is 0 Å². The Hall–Kier alpha value is -0.360. The summed E-state index contributed by atoms with van der Waals surface area (Å²) in [5, 5.41) is -5.07. The highest BCUT2D eigenvalue weighted by molar-refractivity contribution is 6.37. The van der Waals surface area contributed by atoms with Gasteiger partial charge in [0.1, 0.15) is 11.4 Å². The first-order valence-corrected chi connectivity index (χ1v) is 3.53. The molecule has 8 heteroatoms. The summed E-state index contributed by atoms with van der Waals surface area (Å²) in [7, 11) is 0. The van der Waals surface area contributed by atoms with E-state index in [0.717, 1.165) is 0 Å². The van der Waals surface area contributed by atoms with Crippen LogP contribution in [0.5, 0.6) is 0 Å². The van der Waals surface area contributed by atoms with E-state index in [1.807, 2.05) is 0 Å². The maximum absolute atomic E-state index is 11.4. The smallest absolute Gasteiger partial charge is 0.214 e. The summed E-state index contributed by atoms with van der Waals surface area (Å²) in [6.45, 7) is 2.51. The lowest BCUT2D eigenvalue weighted by atomic mass is 10.6. The molecule has 0 heterocycles. The number of allylic oxidation sites excluding steroid dienone is 2. The van der Waals surface area contributed by atoms with Gasteiger partial charge in [0.2, 0.25) is 0 Å². The highest BCUT2D eigenvalue weighted by Gasteiger charge is 2.29. The summed E-state index contributed by atoms with van der Waals surface area (Å²) in [6, 6.07) is 0. The van der Waals surface area contributed by atoms with Gasteiger partial charge in [-0.05, 0) is 11.6 Å². The van der Waals surface area contributed by atoms with E-state index in [1.165, 1.54) is 0 Å². The second-order valence-electron chi connectivity index (χ2n) is 1.70. The number of hydrogen-bond donors (Lipinski definition) is 0. The van der Waals surface area contributed by atoms with Gasteiger partial charge in [-0.1, -0.05) is 18.2 Å². The third-order valence-electron chi connectivity index (χ3n) is 0.598. The van der Waals surface area contributed by atoms with Gasteiger partial charge in [0.05, 0.1) is 0 Å². The molecule has 0 amide bonds. The molecule has 0 bridgehead atoms. The molecule has 0 fully saturated rings. The highest BCUT2D eigenvalue weighted by Crippen LogP contribution is 2.31. The SMILES string of the molecule is C=CC(F)(F)F.FC=C(Cl)C(F)(F)Cl. The van der Waals surface area contributed by atoms with Crippen molar-refractivity contribution in [1.82, 2.24) is 0 Å². The second-order valence-corrected chi connectivity index (χ2v) is 2.58. The topological polar surface area (TPSA) is 0 Å². The summed E-state index contributed by atoms with van der Waals surface area (Å²) < 4.78 is 65.9. The average molecular weight is 261 g/mol. The minimum absolute atomic E-state index is 0.0625. The van der Waals surface area contributed by atoms with Crippen LogP contribution < -0.4 is 0 Å². The molecule has 0 unspecified atom stereocenters. The molecule has 0 N–H and O–H groups in total. The Morgan fingerprint density at radius 3 is 1.43 bits per heavy atom. The normalized spacial score (nSPS) is 13.0. The Labute approximate surface area is 85.8 Å². The van der Waals surface area contributed by atoms with Gasteiger partial charge >= 0.3 is 11.6 Å². The van der Waals surface area contributed by atoms with Gasteiger partial charge in [-0.25, -0.2) is 4.39 Å². The summed E-state index contributed by atoms with van der Waals surface area (Å²) in [5.74, 6) is 0. The minimum Gasteiger partial charge on any atom is -0.214 e. The lowest BCUT2D eigenvalue weighted by Gasteiger charge is -2.01. The van der Waals surface area contributed by atoms with Crippen LogP contribution in [0.15, 0.2) is 24.0 Å². The predicted octanol–water partition coefficient (Wildman–Crippen LogP) is 4.60. The number of alkyl halides is 6. The molecule has 0 spiro atoms. The molecule has 0 aromatic carbocycles. The highest BCUT2D eigenvalue weighted by atomic mass is 35.5. The molecule has 0 aliphatic heterocycles. The Bertz CT molecular complexity index is 201. The van der Waals surface area contributed by atoms with Gasteiger partial charge in [0.25, 0.3) is 0 Å². The van der Waals surface area contributed by atoms with E-state index in [4.69, 9.17) is 0 Å². The molecular formula is C6H4Cl2F6. The number of halogens is 8. The third-order valence-corrected chi connectivity index (χ3v) is 1.22. The maximum Gasteiger partial charge on any atom is 0.409 e. The molecule has 0 aromatic rings. The zero-order valence-corrected chi connectivity index (χ0v) is 7.90. The van der Waals surface area contributed by atoms with Gasteiger partial charge in [-0.3, -0.25) is 0 Å². The fraction of sp³-hybridized carbons (Fsp3) is 0.333. The van der Waals surface area contributed by atoms with E-state index in [2.05, 4.69) is 29.8 Å². The van der Waals surface area contributed by atoms with E-state index in [9.17, 15) is 26.3 Å². The first-order valence-electron chi connectivity index (χ1n) is 2.78. The van der Waals surface area contributed by atoms with Gasteiger partial charge < -0.3 is 0 Å². The summed E-state index contributed by atoms with van der Waals surface area (Å²) >= 11 is 8.76. The molecule has 84 valence electrons. The summed E-state index contributed by atoms with van der Waals surface area (Å²) in [4.78, 5) is 0. The van der Waals surface area contributed by atoms with Crippen molar-refractivity contribution >= 4 is 23.2 Å². The largest absolute Gasteiger partial charge is 0.409 e. The molecule has 0 saturated carbocycles. The van der Waals surface area contributed by atoms with Crippen molar-refractivity contribution in [2.24, 2.45) is 0 Å². The monoisotopic (exact) mass is 260 g/mol. The second kappa shape index (κ2) is 6.19. The molecule has 0 rings (SSSR count). The van der Waals surface area contributed by atoms with Crippen LogP contribution in [0.25, 0.3) is 0 Å². The van der Waals surface area contributed by atoms with E-state index in [0.29, 0.717) is 0 Å². The molecule has 0 atom stereocenters. The predicted molar refractivity (Wildman–Crippen MR) is 42.1 cm³/mol. The molecule has 14 heavy (non-hydrogen) atoms. The first-order chi connectivity index (χ1) is 6.04. The van der Waals surface area contributed by atoms with Crippen LogP contribution in [0, 0.1) is 0 Å². The molecule has 0 aromatic heterocycles. The third kappa shape index (κ3) is 11.6. The van der Waals surface area contributed by atoms with Crippen LogP contribution in [-0.4, -0.2) is 11.6 Å². The Balaban J connectivity index is 0. The van der Waals surface area contributed by atoms with Crippen molar-refractivity contribution in [1.29, 1.82) is 0 Å². The van der Waals surface area contributed by atoms with E-state index >= 15 is 0 Å². The molecular weight excluding hydrogens is 257 g/mol. The molecule has 0 radical (unpaired) electrons. The zero-order chi connectivity index (χ0) is 12.0. The van der Waals surface area contributed by atoms with Crippen molar-refractivity contribution in [3.05, 3.63) is 24.0 Å². The molecule has 0 aliphatic rings. The maximum atomic E-state index is 11.4. The van der Waals surface area contributed by atoms with Crippen molar-refractivity contribution < 1.29 is 26.3 Å². The molecule has 0 aliphatic carbocycles. The fourth-order valence-corrected chi connectivity index (χ4v) is 0.103. The van der Waals surface area contributed by atoms with Crippen LogP contribution in [0.4, 0.5) is 26.3 Å². The van der Waals surface area contributed by atoms with Crippen LogP contribution in [0.3, 0.4) is 0 Å². The van der Waals surface area contributed by atoms with Crippen LogP contribution in [0.2, 0.25) is 0 Å². The van der Waals surface area contributed by atoms with Crippen molar-refractivity contribution in [2.45, 2.75) is 11.6 Å². The number of hydrogen-bond acceptors (Lipinski definition) is 0. The lowest BCUT2D eigenvalue weighted by molar-refractivity contribution is -0.0795. The minimum atomic E-state index is -4.19. The van der Waals surface area contributed by atoms with Gasteiger partial charge in [-0.2, -0.15) is 22.0 Å². The van der Waals surface area contributed by atoms with Crippen LogP contribution in [-0.2, 0) is 0 Å². The fourth-order valence-electron chi connectivity index (χ4n) is 0.0619. The number of rotatable bonds is 1. The Morgan fingerprint density at radius 2 is 1.43 bits per heavy atom. The van der Waals surface area contributed by atoms with E-state index in [1.54, 1.807) is 0 Å². The average Bonchev–Trinajstić information content (AvgIpc) is 2.01. The Kier molecular flexibility index (Phi) is 7.11. The van der Waals surface area contributed by atoms with Gasteiger partial charge in [0.15, 0.2) is 0 Å².